The Bertz CT molecular complexity index is 567. The zero-order valence-electron chi connectivity index (χ0n) is 10.9. The first-order chi connectivity index (χ1) is 9.13. The number of nitrogen functional groups attached to an aromatic ring is 1. The molecule has 6 heteroatoms. The Balaban J connectivity index is 2.24. The normalized spacial score (nSPS) is 10.2. The highest BCUT2D eigenvalue weighted by Crippen LogP contribution is 2.27. The van der Waals surface area contributed by atoms with Crippen LogP contribution in [-0.2, 0) is 0 Å². The zero-order chi connectivity index (χ0) is 13.8. The van der Waals surface area contributed by atoms with Crippen molar-refractivity contribution in [3.8, 4) is 0 Å². The number of hydrogen-bond donors (Lipinski definition) is 2. The van der Waals surface area contributed by atoms with Crippen molar-refractivity contribution in [3.05, 3.63) is 35.2 Å². The Morgan fingerprint density at radius 1 is 1.42 bits per heavy atom. The summed E-state index contributed by atoms with van der Waals surface area (Å²) in [6.45, 7) is 2.71. The van der Waals surface area contributed by atoms with Gasteiger partial charge in [-0.15, -0.1) is 0 Å². The van der Waals surface area contributed by atoms with Crippen LogP contribution in [0.4, 0.5) is 16.6 Å². The van der Waals surface area contributed by atoms with Crippen molar-refractivity contribution in [2.45, 2.75) is 6.92 Å². The highest BCUT2D eigenvalue weighted by Gasteiger charge is 2.20. The molecular formula is C13H16N4OS. The third-order valence-corrected chi connectivity index (χ3v) is 3.64. The van der Waals surface area contributed by atoms with Gasteiger partial charge in [-0.3, -0.25) is 4.79 Å². The van der Waals surface area contributed by atoms with Crippen molar-refractivity contribution in [1.29, 1.82) is 0 Å². The number of para-hydroxylation sites is 1. The molecule has 0 aliphatic heterocycles. The van der Waals surface area contributed by atoms with Gasteiger partial charge < -0.3 is 16.0 Å². The van der Waals surface area contributed by atoms with Crippen molar-refractivity contribution < 1.29 is 4.79 Å². The van der Waals surface area contributed by atoms with E-state index in [1.54, 1.807) is 11.9 Å². The van der Waals surface area contributed by atoms with Crippen molar-refractivity contribution in [2.75, 3.05) is 29.5 Å². The molecule has 0 bridgehead atoms. The lowest BCUT2D eigenvalue weighted by molar-refractivity contribution is 0.0997. The fourth-order valence-electron chi connectivity index (χ4n) is 1.63. The topological polar surface area (TPSA) is 71.2 Å². The molecule has 0 saturated heterocycles. The Labute approximate surface area is 116 Å². The van der Waals surface area contributed by atoms with Crippen LogP contribution in [0.1, 0.15) is 16.6 Å². The maximum Gasteiger partial charge on any atom is 0.272 e. The van der Waals surface area contributed by atoms with Crippen LogP contribution in [0, 0.1) is 0 Å². The molecule has 0 fully saturated rings. The van der Waals surface area contributed by atoms with E-state index in [1.807, 2.05) is 37.3 Å². The van der Waals surface area contributed by atoms with Gasteiger partial charge in [-0.2, -0.15) is 0 Å². The second kappa shape index (κ2) is 5.71. The van der Waals surface area contributed by atoms with Crippen LogP contribution in [0.3, 0.4) is 0 Å². The van der Waals surface area contributed by atoms with Gasteiger partial charge in [-0.1, -0.05) is 29.5 Å². The van der Waals surface area contributed by atoms with E-state index in [-0.39, 0.29) is 11.7 Å². The van der Waals surface area contributed by atoms with E-state index in [0.717, 1.165) is 12.2 Å². The molecule has 0 saturated carbocycles. The molecule has 1 aromatic heterocycles. The fraction of sp³-hybridized carbons (Fsp3) is 0.231. The zero-order valence-corrected chi connectivity index (χ0v) is 11.7. The molecule has 0 aliphatic rings. The molecule has 5 nitrogen and oxygen atoms in total. The van der Waals surface area contributed by atoms with E-state index in [4.69, 9.17) is 5.73 Å². The molecule has 0 spiro atoms. The number of nitrogens with one attached hydrogen (secondary N) is 1. The first kappa shape index (κ1) is 13.4. The van der Waals surface area contributed by atoms with Gasteiger partial charge in [0.05, 0.1) is 0 Å². The predicted octanol–water partition coefficient (Wildman–Crippen LogP) is 2.43. The van der Waals surface area contributed by atoms with Gasteiger partial charge >= 0.3 is 0 Å². The van der Waals surface area contributed by atoms with Crippen molar-refractivity contribution in [3.63, 3.8) is 0 Å². The predicted molar refractivity (Wildman–Crippen MR) is 79.9 cm³/mol. The molecule has 2 rings (SSSR count). The Hall–Kier alpha value is -2.08. The number of rotatable bonds is 4. The summed E-state index contributed by atoms with van der Waals surface area (Å²) in [4.78, 5) is 18.5. The minimum atomic E-state index is -0.148. The molecular weight excluding hydrogens is 260 g/mol. The van der Waals surface area contributed by atoms with Gasteiger partial charge in [-0.05, 0) is 19.1 Å². The van der Waals surface area contributed by atoms with Crippen LogP contribution in [0.2, 0.25) is 0 Å². The monoisotopic (exact) mass is 276 g/mol. The van der Waals surface area contributed by atoms with E-state index in [9.17, 15) is 4.79 Å². The largest absolute Gasteiger partial charge is 0.382 e. The number of hydrogen-bond acceptors (Lipinski definition) is 5. The first-order valence-electron chi connectivity index (χ1n) is 5.96. The quantitative estimate of drug-likeness (QED) is 0.899. The van der Waals surface area contributed by atoms with Gasteiger partial charge in [0.2, 0.25) is 0 Å². The van der Waals surface area contributed by atoms with Crippen molar-refractivity contribution in [2.24, 2.45) is 0 Å². The van der Waals surface area contributed by atoms with Crippen molar-refractivity contribution in [1.82, 2.24) is 4.98 Å². The molecule has 19 heavy (non-hydrogen) atoms. The summed E-state index contributed by atoms with van der Waals surface area (Å²) in [5, 5.41) is 3.73. The number of amides is 1. The second-order valence-electron chi connectivity index (χ2n) is 3.96. The summed E-state index contributed by atoms with van der Waals surface area (Å²) in [6.07, 6.45) is 0. The fourth-order valence-corrected chi connectivity index (χ4v) is 2.56. The van der Waals surface area contributed by atoms with Crippen LogP contribution in [0.5, 0.6) is 0 Å². The maximum absolute atomic E-state index is 12.4. The Morgan fingerprint density at radius 2 is 2.11 bits per heavy atom. The number of carbonyl (C=O) groups excluding carboxylic acids is 1. The first-order valence-corrected chi connectivity index (χ1v) is 6.78. The number of carbonyl (C=O) groups is 1. The SMILES string of the molecule is CCNc1nc(N)c(C(=O)N(C)c2ccccc2)s1. The van der Waals surface area contributed by atoms with Gasteiger partial charge in [0.15, 0.2) is 5.13 Å². The van der Waals surface area contributed by atoms with Crippen LogP contribution >= 0.6 is 11.3 Å². The molecule has 1 amide bonds. The maximum atomic E-state index is 12.4. The molecule has 0 unspecified atom stereocenters. The van der Waals surface area contributed by atoms with Gasteiger partial charge in [0.25, 0.3) is 5.91 Å². The summed E-state index contributed by atoms with van der Waals surface area (Å²) >= 11 is 1.28. The average molecular weight is 276 g/mol. The summed E-state index contributed by atoms with van der Waals surface area (Å²) in [5.41, 5.74) is 6.62. The highest BCUT2D eigenvalue weighted by atomic mass is 32.1. The lowest BCUT2D eigenvalue weighted by Gasteiger charge is -2.16. The molecule has 1 heterocycles. The minimum Gasteiger partial charge on any atom is -0.382 e. The molecule has 0 radical (unpaired) electrons. The van der Waals surface area contributed by atoms with E-state index in [1.165, 1.54) is 11.3 Å². The highest BCUT2D eigenvalue weighted by molar-refractivity contribution is 7.18. The Kier molecular flexibility index (Phi) is 4.01. The summed E-state index contributed by atoms with van der Waals surface area (Å²) in [5.74, 6) is 0.124. The van der Waals surface area contributed by atoms with Crippen LogP contribution in [0.25, 0.3) is 0 Å². The van der Waals surface area contributed by atoms with Gasteiger partial charge in [0, 0.05) is 19.3 Å². The van der Waals surface area contributed by atoms with Crippen LogP contribution in [-0.4, -0.2) is 24.5 Å². The van der Waals surface area contributed by atoms with E-state index < -0.39 is 0 Å². The molecule has 0 atom stereocenters. The van der Waals surface area contributed by atoms with E-state index in [2.05, 4.69) is 10.3 Å². The third kappa shape index (κ3) is 2.85. The summed E-state index contributed by atoms with van der Waals surface area (Å²) < 4.78 is 0. The number of nitrogens with two attached hydrogens (primary N) is 1. The van der Waals surface area contributed by atoms with Gasteiger partial charge in [-0.25, -0.2) is 4.98 Å². The number of anilines is 3. The molecule has 100 valence electrons. The Morgan fingerprint density at radius 3 is 2.74 bits per heavy atom. The third-order valence-electron chi connectivity index (χ3n) is 2.62. The summed E-state index contributed by atoms with van der Waals surface area (Å²) in [7, 11) is 1.73. The number of benzene rings is 1. The number of thiazole rings is 1. The number of aromatic nitrogens is 1. The molecule has 1 aromatic carbocycles. The average Bonchev–Trinajstić information content (AvgIpc) is 2.79. The van der Waals surface area contributed by atoms with E-state index >= 15 is 0 Å². The van der Waals surface area contributed by atoms with E-state index in [0.29, 0.717) is 10.0 Å². The number of nitrogens with zero attached hydrogens (tertiary/aromatic N) is 2. The van der Waals surface area contributed by atoms with Crippen molar-refractivity contribution >= 4 is 33.9 Å². The van der Waals surface area contributed by atoms with Crippen LogP contribution < -0.4 is 16.0 Å². The summed E-state index contributed by atoms with van der Waals surface area (Å²) in [6, 6.07) is 9.44. The minimum absolute atomic E-state index is 0.148. The lowest BCUT2D eigenvalue weighted by Crippen LogP contribution is -2.26. The standard InChI is InChI=1S/C13H16N4OS/c1-3-15-13-16-11(14)10(19-13)12(18)17(2)9-7-5-4-6-8-9/h4-8H,3,14H2,1-2H3,(H,15,16). The molecule has 2 aromatic rings. The molecule has 0 aliphatic carbocycles. The molecule has 3 N–H and O–H groups in total. The second-order valence-corrected chi connectivity index (χ2v) is 4.96. The van der Waals surface area contributed by atoms with Crippen LogP contribution in [0.15, 0.2) is 30.3 Å². The smallest absolute Gasteiger partial charge is 0.272 e. The lowest BCUT2D eigenvalue weighted by atomic mass is 10.3. The van der Waals surface area contributed by atoms with Gasteiger partial charge in [0.1, 0.15) is 10.7 Å².